The van der Waals surface area contributed by atoms with E-state index in [0.717, 1.165) is 6.20 Å². The van der Waals surface area contributed by atoms with Gasteiger partial charge in [-0.15, -0.1) is 0 Å². The van der Waals surface area contributed by atoms with Gasteiger partial charge in [0, 0.05) is 5.56 Å². The number of pyridine rings is 1. The largest absolute Gasteiger partial charge is 0.506 e. The summed E-state index contributed by atoms with van der Waals surface area (Å²) in [7, 11) is 0. The Morgan fingerprint density at radius 1 is 1.64 bits per heavy atom. The smallest absolute Gasteiger partial charge is 0.280 e. The Morgan fingerprint density at radius 2 is 2.29 bits per heavy atom. The Balaban J connectivity index is 3.27. The summed E-state index contributed by atoms with van der Waals surface area (Å²) in [5.41, 5.74) is 0.0207. The molecule has 1 aromatic heterocycles. The molecule has 3 nitrogen and oxygen atoms in total. The predicted molar refractivity (Wildman–Crippen MR) is 44.9 cm³/mol. The number of rotatable bonds is 2. The topological polar surface area (TPSA) is 56.9 Å². The maximum atomic E-state index is 12.4. The first-order valence-corrected chi connectivity index (χ1v) is 3.90. The summed E-state index contributed by atoms with van der Waals surface area (Å²) in [5, 5.41) is 17.7. The zero-order chi connectivity index (χ0) is 10.7. The lowest BCUT2D eigenvalue weighted by Crippen LogP contribution is -1.99. The number of halogens is 2. The van der Waals surface area contributed by atoms with Gasteiger partial charge in [-0.1, -0.05) is 0 Å². The molecule has 1 aromatic rings. The van der Waals surface area contributed by atoms with Gasteiger partial charge in [0.2, 0.25) is 0 Å². The minimum Gasteiger partial charge on any atom is -0.506 e. The summed E-state index contributed by atoms with van der Waals surface area (Å²) in [5.74, 6) is -0.214. The van der Waals surface area contributed by atoms with Gasteiger partial charge < -0.3 is 5.11 Å². The third kappa shape index (κ3) is 1.79. The Hall–Kier alpha value is -1.70. The van der Waals surface area contributed by atoms with Crippen LogP contribution in [0.5, 0.6) is 5.75 Å². The molecule has 5 heteroatoms. The Kier molecular flexibility index (Phi) is 2.97. The minimum atomic E-state index is -2.69. The average molecular weight is 198 g/mol. The molecule has 0 spiro atoms. The molecular weight excluding hydrogens is 190 g/mol. The van der Waals surface area contributed by atoms with Crippen LogP contribution in [0.2, 0.25) is 0 Å². The molecule has 0 aliphatic rings. The van der Waals surface area contributed by atoms with Gasteiger partial charge in [-0.05, 0) is 12.5 Å². The summed E-state index contributed by atoms with van der Waals surface area (Å²) in [6, 6.07) is 1.80. The van der Waals surface area contributed by atoms with Crippen LogP contribution in [0.25, 0.3) is 0 Å². The summed E-state index contributed by atoms with van der Waals surface area (Å²) < 4.78 is 24.7. The third-order valence-corrected chi connectivity index (χ3v) is 1.93. The van der Waals surface area contributed by atoms with Crippen LogP contribution in [-0.2, 0) is 6.42 Å². The monoisotopic (exact) mass is 198 g/mol. The molecule has 0 bridgehead atoms. The molecule has 1 heterocycles. The van der Waals surface area contributed by atoms with Crippen molar-refractivity contribution in [2.75, 3.05) is 0 Å². The molecule has 14 heavy (non-hydrogen) atoms. The molecule has 74 valence electrons. The van der Waals surface area contributed by atoms with Gasteiger partial charge in [0.15, 0.2) is 0 Å². The second-order valence-electron chi connectivity index (χ2n) is 2.77. The van der Waals surface area contributed by atoms with Gasteiger partial charge in [-0.25, -0.2) is 8.78 Å². The van der Waals surface area contributed by atoms with Crippen molar-refractivity contribution >= 4 is 0 Å². The quantitative estimate of drug-likeness (QED) is 0.791. The Labute approximate surface area is 79.6 Å². The molecule has 0 fully saturated rings. The summed E-state index contributed by atoms with van der Waals surface area (Å²) in [6.07, 6.45) is -1.84. The standard InChI is InChI=1S/C9H8F2N2O/c1-5-6(2-3-12)7(14)4-13-8(5)9(10)11/h4,9,14H,2H2,1H3. The van der Waals surface area contributed by atoms with Crippen molar-refractivity contribution in [2.24, 2.45) is 0 Å². The van der Waals surface area contributed by atoms with Crippen LogP contribution in [0.4, 0.5) is 8.78 Å². The van der Waals surface area contributed by atoms with E-state index in [1.54, 1.807) is 6.07 Å². The molecule has 0 aliphatic carbocycles. The van der Waals surface area contributed by atoms with E-state index in [4.69, 9.17) is 5.26 Å². The van der Waals surface area contributed by atoms with Crippen LogP contribution in [-0.4, -0.2) is 10.1 Å². The maximum Gasteiger partial charge on any atom is 0.280 e. The molecule has 0 amide bonds. The average Bonchev–Trinajstić information content (AvgIpc) is 2.11. The summed E-state index contributed by atoms with van der Waals surface area (Å²) in [6.45, 7) is 1.42. The van der Waals surface area contributed by atoms with Crippen molar-refractivity contribution in [3.8, 4) is 11.8 Å². The molecule has 0 saturated carbocycles. The van der Waals surface area contributed by atoms with E-state index in [1.165, 1.54) is 6.92 Å². The molecule has 0 radical (unpaired) electrons. The highest BCUT2D eigenvalue weighted by Crippen LogP contribution is 2.27. The molecule has 1 N–H and O–H groups in total. The van der Waals surface area contributed by atoms with E-state index < -0.39 is 6.43 Å². The highest BCUT2D eigenvalue weighted by molar-refractivity contribution is 5.41. The van der Waals surface area contributed by atoms with Crippen molar-refractivity contribution < 1.29 is 13.9 Å². The van der Waals surface area contributed by atoms with Crippen LogP contribution in [0, 0.1) is 18.3 Å². The SMILES string of the molecule is Cc1c(C(F)F)ncc(O)c1CC#N. The van der Waals surface area contributed by atoms with Crippen LogP contribution >= 0.6 is 0 Å². The van der Waals surface area contributed by atoms with E-state index in [-0.39, 0.29) is 29.0 Å². The van der Waals surface area contributed by atoms with Gasteiger partial charge in [0.05, 0.1) is 18.7 Å². The fraction of sp³-hybridized carbons (Fsp3) is 0.333. The van der Waals surface area contributed by atoms with E-state index >= 15 is 0 Å². The van der Waals surface area contributed by atoms with Crippen molar-refractivity contribution in [1.29, 1.82) is 5.26 Å². The molecule has 0 unspecified atom stereocenters. The van der Waals surface area contributed by atoms with Crippen molar-refractivity contribution in [3.63, 3.8) is 0 Å². The zero-order valence-corrected chi connectivity index (χ0v) is 7.46. The first-order valence-electron chi connectivity index (χ1n) is 3.90. The normalized spacial score (nSPS) is 10.2. The molecule has 0 aliphatic heterocycles. The van der Waals surface area contributed by atoms with E-state index in [1.807, 2.05) is 0 Å². The molecular formula is C9H8F2N2O. The predicted octanol–water partition coefficient (Wildman–Crippen LogP) is 2.10. The lowest BCUT2D eigenvalue weighted by molar-refractivity contribution is 0.145. The van der Waals surface area contributed by atoms with Crippen molar-refractivity contribution in [3.05, 3.63) is 23.0 Å². The van der Waals surface area contributed by atoms with Gasteiger partial charge in [-0.2, -0.15) is 5.26 Å². The number of nitriles is 1. The second kappa shape index (κ2) is 4.01. The lowest BCUT2D eigenvalue weighted by Gasteiger charge is -2.08. The van der Waals surface area contributed by atoms with Crippen LogP contribution < -0.4 is 0 Å². The van der Waals surface area contributed by atoms with Crippen LogP contribution in [0.3, 0.4) is 0 Å². The molecule has 0 aromatic carbocycles. The number of hydrogen-bond donors (Lipinski definition) is 1. The Bertz CT molecular complexity index is 385. The van der Waals surface area contributed by atoms with Gasteiger partial charge >= 0.3 is 0 Å². The van der Waals surface area contributed by atoms with Gasteiger partial charge in [-0.3, -0.25) is 4.98 Å². The molecule has 1 rings (SSSR count). The van der Waals surface area contributed by atoms with Crippen molar-refractivity contribution in [2.45, 2.75) is 19.8 Å². The van der Waals surface area contributed by atoms with E-state index in [0.29, 0.717) is 0 Å². The first-order chi connectivity index (χ1) is 6.57. The van der Waals surface area contributed by atoms with Crippen LogP contribution in [0.1, 0.15) is 23.2 Å². The number of hydrogen-bond acceptors (Lipinski definition) is 3. The highest BCUT2D eigenvalue weighted by Gasteiger charge is 2.17. The number of alkyl halides is 2. The lowest BCUT2D eigenvalue weighted by atomic mass is 10.0. The molecule has 0 atom stereocenters. The maximum absolute atomic E-state index is 12.4. The Morgan fingerprint density at radius 3 is 2.79 bits per heavy atom. The number of aromatic nitrogens is 1. The van der Waals surface area contributed by atoms with Gasteiger partial charge in [0.1, 0.15) is 11.4 Å². The van der Waals surface area contributed by atoms with Crippen LogP contribution in [0.15, 0.2) is 6.20 Å². The number of aromatic hydroxyl groups is 1. The molecule has 0 saturated heterocycles. The fourth-order valence-electron chi connectivity index (χ4n) is 1.17. The second-order valence-corrected chi connectivity index (χ2v) is 2.77. The van der Waals surface area contributed by atoms with E-state index in [9.17, 15) is 13.9 Å². The fourth-order valence-corrected chi connectivity index (χ4v) is 1.17. The summed E-state index contributed by atoms with van der Waals surface area (Å²) >= 11 is 0. The minimum absolute atomic E-state index is 0.0973. The van der Waals surface area contributed by atoms with E-state index in [2.05, 4.69) is 4.98 Å². The zero-order valence-electron chi connectivity index (χ0n) is 7.46. The highest BCUT2D eigenvalue weighted by atomic mass is 19.3. The van der Waals surface area contributed by atoms with Crippen molar-refractivity contribution in [1.82, 2.24) is 4.98 Å². The number of nitrogens with zero attached hydrogens (tertiary/aromatic N) is 2. The summed E-state index contributed by atoms with van der Waals surface area (Å²) in [4.78, 5) is 3.41. The van der Waals surface area contributed by atoms with Gasteiger partial charge in [0.25, 0.3) is 6.43 Å². The first kappa shape index (κ1) is 10.4. The third-order valence-electron chi connectivity index (χ3n) is 1.93.